The second-order valence-corrected chi connectivity index (χ2v) is 0. The van der Waals surface area contributed by atoms with Gasteiger partial charge in [-0.3, -0.25) is 0 Å². The Morgan fingerprint density at radius 1 is 0.500 bits per heavy atom. The van der Waals surface area contributed by atoms with Gasteiger partial charge in [0, 0.05) is 0 Å². The molecule has 8 heavy (non-hydrogen) atoms. The Morgan fingerprint density at radius 3 is 0.500 bits per heavy atom. The lowest BCUT2D eigenvalue weighted by atomic mass is 11.9. The van der Waals surface area contributed by atoms with E-state index in [0.29, 0.717) is 0 Å². The van der Waals surface area contributed by atoms with Gasteiger partial charge in [0.1, 0.15) is 6.79 Å². The average Bonchev–Trinajstić information content (AvgIpc) is 1.00. The highest BCUT2D eigenvalue weighted by molar-refractivity contribution is 5.10. The molecule has 0 saturated carbocycles. The number of hydrogen-bond acceptors (Lipinski definition) is 7. The second-order valence-electron chi connectivity index (χ2n) is 0. The molecule has 0 aliphatic carbocycles. The van der Waals surface area contributed by atoms with Crippen molar-refractivity contribution >= 4 is 6.79 Å². The van der Waals surface area contributed by atoms with Crippen LogP contribution in [-0.2, 0) is 4.79 Å². The molecular weight excluding hydrogens is 112 g/mol. The van der Waals surface area contributed by atoms with Gasteiger partial charge >= 0.3 is 0 Å². The summed E-state index contributed by atoms with van der Waals surface area (Å²) in [6, 6.07) is 0. The lowest BCUT2D eigenvalue weighted by molar-refractivity contribution is -0.0979. The molecule has 0 aliphatic heterocycles. The third-order valence-electron chi connectivity index (χ3n) is 0. The van der Waals surface area contributed by atoms with Crippen molar-refractivity contribution in [2.45, 2.75) is 0 Å². The van der Waals surface area contributed by atoms with Gasteiger partial charge in [0.2, 0.25) is 0 Å². The van der Waals surface area contributed by atoms with Crippen molar-refractivity contribution in [2.75, 3.05) is 0 Å². The van der Waals surface area contributed by atoms with Crippen LogP contribution < -0.4 is 36.9 Å². The number of rotatable bonds is 0. The van der Waals surface area contributed by atoms with E-state index in [2.05, 4.69) is 0 Å². The van der Waals surface area contributed by atoms with Gasteiger partial charge in [-0.1, -0.05) is 0 Å². The first-order chi connectivity index (χ1) is 1.00. The first-order valence-corrected chi connectivity index (χ1v) is 0.289. The highest BCUT2D eigenvalue weighted by atomic mass is 16.1. The summed E-state index contributed by atoms with van der Waals surface area (Å²) in [6.45, 7) is 2.00. The van der Waals surface area contributed by atoms with E-state index >= 15 is 0 Å². The fourth-order valence-corrected chi connectivity index (χ4v) is 0. The highest BCUT2D eigenvalue weighted by Crippen LogP contribution is 0.494. The van der Waals surface area contributed by atoms with E-state index in [0.717, 1.165) is 0 Å². The Morgan fingerprint density at radius 2 is 0.500 bits per heavy atom. The van der Waals surface area contributed by atoms with Crippen molar-refractivity contribution in [2.24, 2.45) is 0 Å². The molecule has 7 heteroatoms. The average molecular weight is 132 g/mol. The number of hydrogen-bond donors (Lipinski definition) is 6. The van der Waals surface area contributed by atoms with E-state index in [1.807, 2.05) is 6.79 Å². The molecule has 7 nitrogen and oxygen atoms in total. The summed E-state index contributed by atoms with van der Waals surface area (Å²) in [6.07, 6.45) is 0. The van der Waals surface area contributed by atoms with E-state index in [4.69, 9.17) is 4.79 Å². The standard InChI is InChI=1S/CH2O.6H3N/c1-2;;;;;;/h1H2;6*1H3. The van der Waals surface area contributed by atoms with Crippen molar-refractivity contribution in [3.63, 3.8) is 0 Å². The van der Waals surface area contributed by atoms with E-state index in [9.17, 15) is 0 Å². The molecule has 0 rings (SSSR count). The Kier molecular flexibility index (Phi) is 121000. The monoisotopic (exact) mass is 132 g/mol. The summed E-state index contributed by atoms with van der Waals surface area (Å²) < 4.78 is 0. The van der Waals surface area contributed by atoms with E-state index < -0.39 is 0 Å². The molecule has 0 heterocycles. The van der Waals surface area contributed by atoms with Crippen LogP contribution in [0.1, 0.15) is 0 Å². The molecule has 0 radical (unpaired) electrons. The molecule has 0 amide bonds. The predicted molar refractivity (Wildman–Crippen MR) is 37.3 cm³/mol. The largest absolute Gasteiger partial charge is 0.344 e. The van der Waals surface area contributed by atoms with Crippen LogP contribution in [0.2, 0.25) is 0 Å². The van der Waals surface area contributed by atoms with Crippen LogP contribution in [-0.4, -0.2) is 6.79 Å². The lowest BCUT2D eigenvalue weighted by Crippen LogP contribution is -0.925. The summed E-state index contributed by atoms with van der Waals surface area (Å²) in [4.78, 5) is 8.00. The molecule has 0 atom stereocenters. The van der Waals surface area contributed by atoms with E-state index in [-0.39, 0.29) is 36.9 Å². The van der Waals surface area contributed by atoms with Crippen molar-refractivity contribution in [3.8, 4) is 0 Å². The van der Waals surface area contributed by atoms with E-state index in [1.165, 1.54) is 0 Å². The Balaban J connectivity index is -0.000000000333. The van der Waals surface area contributed by atoms with Crippen molar-refractivity contribution < 1.29 is 4.79 Å². The molecule has 18 N–H and O–H groups in total. The van der Waals surface area contributed by atoms with Gasteiger partial charge in [-0.15, -0.1) is 0 Å². The van der Waals surface area contributed by atoms with Crippen LogP contribution in [0.3, 0.4) is 0 Å². The summed E-state index contributed by atoms with van der Waals surface area (Å²) in [5.41, 5.74) is 0. The topological polar surface area (TPSA) is 227 Å². The maximum absolute atomic E-state index is 8.00. The summed E-state index contributed by atoms with van der Waals surface area (Å²) in [7, 11) is 0. The minimum absolute atomic E-state index is 0. The summed E-state index contributed by atoms with van der Waals surface area (Å²) in [5.74, 6) is 0. The van der Waals surface area contributed by atoms with Gasteiger partial charge in [0.05, 0.1) is 0 Å². The molecule has 0 bridgehead atoms. The van der Waals surface area contributed by atoms with Crippen LogP contribution in [0.5, 0.6) is 0 Å². The van der Waals surface area contributed by atoms with Gasteiger partial charge in [-0.05, 0) is 0 Å². The molecule has 0 spiro atoms. The first-order valence-electron chi connectivity index (χ1n) is 0.289. The molecule has 0 fully saturated rings. The van der Waals surface area contributed by atoms with Crippen LogP contribution in [0.25, 0.3) is 0 Å². The zero-order valence-corrected chi connectivity index (χ0v) is 5.36. The second kappa shape index (κ2) is 584. The maximum Gasteiger partial charge on any atom is 0.106 e. The van der Waals surface area contributed by atoms with Crippen LogP contribution >= 0.6 is 0 Å². The maximum atomic E-state index is 8.00. The van der Waals surface area contributed by atoms with Crippen LogP contribution in [0.4, 0.5) is 0 Å². The van der Waals surface area contributed by atoms with Gasteiger partial charge in [0.25, 0.3) is 0 Å². The minimum Gasteiger partial charge on any atom is -0.344 e. The first kappa shape index (κ1) is 1660. The Bertz CT molecular complexity index is 8.49. The lowest BCUT2D eigenvalue weighted by Gasteiger charge is -0.837. The third-order valence-corrected chi connectivity index (χ3v) is 0. The van der Waals surface area contributed by atoms with Crippen molar-refractivity contribution in [1.29, 1.82) is 0 Å². The van der Waals surface area contributed by atoms with E-state index in [1.54, 1.807) is 0 Å². The summed E-state index contributed by atoms with van der Waals surface area (Å²) in [5, 5.41) is 0. The van der Waals surface area contributed by atoms with Gasteiger partial charge in [0.15, 0.2) is 0 Å². The van der Waals surface area contributed by atoms with Crippen molar-refractivity contribution in [3.05, 3.63) is 0 Å². The summed E-state index contributed by atoms with van der Waals surface area (Å²) >= 11 is 0. The zero-order chi connectivity index (χ0) is 2.00. The highest BCUT2D eigenvalue weighted by Gasteiger charge is 0.636. The van der Waals surface area contributed by atoms with Crippen molar-refractivity contribution in [1.82, 2.24) is 36.9 Å². The molecule has 0 aromatic heterocycles. The smallest absolute Gasteiger partial charge is 0.106 e. The van der Waals surface area contributed by atoms with Gasteiger partial charge in [-0.25, -0.2) is 0 Å². The molecule has 0 aliphatic rings. The number of carbonyl (C=O) groups is 1. The van der Waals surface area contributed by atoms with Crippen LogP contribution in [0.15, 0.2) is 0 Å². The third kappa shape index (κ3) is 328. The molecular formula is CH20N6O. The predicted octanol–water partition coefficient (Wildman–Crippen LogP) is 0.787. The minimum atomic E-state index is 0. The SMILES string of the molecule is C=O.N.N.N.N.N.N. The molecule has 0 aromatic carbocycles. The van der Waals surface area contributed by atoms with Gasteiger partial charge < -0.3 is 41.7 Å². The Hall–Kier alpha value is -0.570. The Labute approximate surface area is 49.7 Å². The molecule has 60 valence electrons. The fraction of sp³-hybridized carbons (Fsp3) is 0. The van der Waals surface area contributed by atoms with Gasteiger partial charge in [-0.2, -0.15) is 0 Å². The fourth-order valence-electron chi connectivity index (χ4n) is 0. The van der Waals surface area contributed by atoms with Crippen LogP contribution in [0, 0.1) is 0 Å². The zero-order valence-electron chi connectivity index (χ0n) is 5.36. The quantitative estimate of drug-likeness (QED) is 0.277. The molecule has 0 aromatic rings. The normalized spacial score (nSPS) is 0.500. The molecule has 0 saturated heterocycles. The number of carbonyl (C=O) groups excluding carboxylic acids is 1. The molecule has 0 unspecified atom stereocenters.